The van der Waals surface area contributed by atoms with Crippen LogP contribution in [0.4, 0.5) is 0 Å². The van der Waals surface area contributed by atoms with E-state index < -0.39 is 0 Å². The Balaban J connectivity index is 1.81. The molecule has 3 nitrogen and oxygen atoms in total. The van der Waals surface area contributed by atoms with Crippen molar-refractivity contribution in [3.8, 4) is 5.75 Å². The molecule has 0 aromatic heterocycles. The summed E-state index contributed by atoms with van der Waals surface area (Å²) in [4.78, 5) is 12.7. The van der Waals surface area contributed by atoms with Crippen LogP contribution in [-0.2, 0) is 11.2 Å². The number of rotatable bonds is 2. The lowest BCUT2D eigenvalue weighted by molar-refractivity contribution is -0.119. The molecule has 1 aromatic rings. The minimum atomic E-state index is 0.500. The summed E-state index contributed by atoms with van der Waals surface area (Å²) in [6.07, 6.45) is 4.29. The van der Waals surface area contributed by atoms with E-state index in [1.165, 1.54) is 17.5 Å². The van der Waals surface area contributed by atoms with Crippen molar-refractivity contribution in [1.29, 1.82) is 0 Å². The van der Waals surface area contributed by atoms with Gasteiger partial charge in [0, 0.05) is 25.4 Å². The van der Waals surface area contributed by atoms with Gasteiger partial charge in [-0.15, -0.1) is 0 Å². The summed E-state index contributed by atoms with van der Waals surface area (Å²) in [6.45, 7) is 2.58. The standard InChI is InChI=1S/C14H17NO2/c16-10-15-6-1-2-13(9-15)11-3-4-14-12(8-11)5-7-17-14/h3-4,8,10,13H,1-2,5-7,9H2. The molecule has 1 amide bonds. The molecule has 0 aliphatic carbocycles. The zero-order valence-electron chi connectivity index (χ0n) is 9.89. The molecule has 90 valence electrons. The molecule has 0 bridgehead atoms. The Labute approximate surface area is 101 Å². The van der Waals surface area contributed by atoms with Crippen molar-refractivity contribution < 1.29 is 9.53 Å². The first kappa shape index (κ1) is 10.6. The first-order valence-electron chi connectivity index (χ1n) is 6.32. The minimum Gasteiger partial charge on any atom is -0.493 e. The molecule has 1 atom stereocenters. The van der Waals surface area contributed by atoms with Gasteiger partial charge in [0.25, 0.3) is 0 Å². The maximum atomic E-state index is 10.8. The minimum absolute atomic E-state index is 0.500. The lowest BCUT2D eigenvalue weighted by Gasteiger charge is -2.30. The zero-order chi connectivity index (χ0) is 11.7. The second-order valence-corrected chi connectivity index (χ2v) is 4.91. The first-order chi connectivity index (χ1) is 8.36. The van der Waals surface area contributed by atoms with E-state index >= 15 is 0 Å². The van der Waals surface area contributed by atoms with Gasteiger partial charge in [0.2, 0.25) is 6.41 Å². The topological polar surface area (TPSA) is 29.5 Å². The van der Waals surface area contributed by atoms with Gasteiger partial charge in [-0.05, 0) is 30.0 Å². The van der Waals surface area contributed by atoms with E-state index in [2.05, 4.69) is 18.2 Å². The lowest BCUT2D eigenvalue weighted by atomic mass is 9.89. The van der Waals surface area contributed by atoms with Gasteiger partial charge in [0.05, 0.1) is 6.61 Å². The Morgan fingerprint density at radius 2 is 2.35 bits per heavy atom. The van der Waals surface area contributed by atoms with E-state index in [0.717, 1.165) is 44.7 Å². The van der Waals surface area contributed by atoms with Gasteiger partial charge in [0.1, 0.15) is 5.75 Å². The summed E-state index contributed by atoms with van der Waals surface area (Å²) in [5.41, 5.74) is 2.69. The predicted octanol–water partition coefficient (Wildman–Crippen LogP) is 1.96. The SMILES string of the molecule is O=CN1CCCC(c2ccc3c(c2)CCO3)C1. The average Bonchev–Trinajstić information content (AvgIpc) is 2.86. The highest BCUT2D eigenvalue weighted by molar-refractivity contribution is 5.48. The van der Waals surface area contributed by atoms with Crippen LogP contribution in [0.25, 0.3) is 0 Å². The van der Waals surface area contributed by atoms with Crippen molar-refractivity contribution in [3.63, 3.8) is 0 Å². The van der Waals surface area contributed by atoms with Gasteiger partial charge in [-0.3, -0.25) is 4.79 Å². The number of benzene rings is 1. The number of nitrogens with zero attached hydrogens (tertiary/aromatic N) is 1. The average molecular weight is 231 g/mol. The van der Waals surface area contributed by atoms with Crippen molar-refractivity contribution in [2.45, 2.75) is 25.2 Å². The number of carbonyl (C=O) groups excluding carboxylic acids is 1. The van der Waals surface area contributed by atoms with E-state index in [1.54, 1.807) is 0 Å². The summed E-state index contributed by atoms with van der Waals surface area (Å²) >= 11 is 0. The van der Waals surface area contributed by atoms with Crippen LogP contribution in [0.5, 0.6) is 5.75 Å². The zero-order valence-corrected chi connectivity index (χ0v) is 9.89. The molecule has 1 unspecified atom stereocenters. The van der Waals surface area contributed by atoms with Gasteiger partial charge in [-0.1, -0.05) is 12.1 Å². The molecule has 0 spiro atoms. The normalized spacial score (nSPS) is 23.1. The van der Waals surface area contributed by atoms with Gasteiger partial charge in [-0.2, -0.15) is 0 Å². The second-order valence-electron chi connectivity index (χ2n) is 4.91. The van der Waals surface area contributed by atoms with Crippen LogP contribution in [0.3, 0.4) is 0 Å². The third-order valence-corrected chi connectivity index (χ3v) is 3.79. The Morgan fingerprint density at radius 3 is 3.24 bits per heavy atom. The fraction of sp³-hybridized carbons (Fsp3) is 0.500. The fourth-order valence-corrected chi connectivity index (χ4v) is 2.83. The molecule has 2 aliphatic heterocycles. The molecule has 0 radical (unpaired) electrons. The van der Waals surface area contributed by atoms with Crippen molar-refractivity contribution in [2.75, 3.05) is 19.7 Å². The molecule has 1 fully saturated rings. The molecule has 3 heteroatoms. The van der Waals surface area contributed by atoms with Gasteiger partial charge >= 0.3 is 0 Å². The van der Waals surface area contributed by atoms with Crippen molar-refractivity contribution in [2.24, 2.45) is 0 Å². The van der Waals surface area contributed by atoms with Crippen LogP contribution in [0.1, 0.15) is 29.9 Å². The molecule has 3 rings (SSSR count). The highest BCUT2D eigenvalue weighted by Gasteiger charge is 2.22. The Bertz CT molecular complexity index is 430. The van der Waals surface area contributed by atoms with Gasteiger partial charge < -0.3 is 9.64 Å². The van der Waals surface area contributed by atoms with E-state index in [1.807, 2.05) is 4.90 Å². The number of hydrogen-bond donors (Lipinski definition) is 0. The lowest BCUT2D eigenvalue weighted by Crippen LogP contribution is -2.33. The summed E-state index contributed by atoms with van der Waals surface area (Å²) in [5, 5.41) is 0. The van der Waals surface area contributed by atoms with Crippen LogP contribution < -0.4 is 4.74 Å². The highest BCUT2D eigenvalue weighted by atomic mass is 16.5. The number of ether oxygens (including phenoxy) is 1. The molecule has 2 aliphatic rings. The monoisotopic (exact) mass is 231 g/mol. The molecule has 1 saturated heterocycles. The molecular weight excluding hydrogens is 214 g/mol. The molecule has 17 heavy (non-hydrogen) atoms. The van der Waals surface area contributed by atoms with E-state index in [-0.39, 0.29) is 0 Å². The quantitative estimate of drug-likeness (QED) is 0.728. The van der Waals surface area contributed by atoms with Crippen molar-refractivity contribution >= 4 is 6.41 Å². The molecule has 0 N–H and O–H groups in total. The van der Waals surface area contributed by atoms with Crippen LogP contribution in [0.15, 0.2) is 18.2 Å². The van der Waals surface area contributed by atoms with Crippen LogP contribution in [-0.4, -0.2) is 31.0 Å². The fourth-order valence-electron chi connectivity index (χ4n) is 2.83. The third-order valence-electron chi connectivity index (χ3n) is 3.79. The largest absolute Gasteiger partial charge is 0.493 e. The Kier molecular flexibility index (Phi) is 2.75. The highest BCUT2D eigenvalue weighted by Crippen LogP contribution is 2.32. The van der Waals surface area contributed by atoms with E-state index in [4.69, 9.17) is 4.74 Å². The first-order valence-corrected chi connectivity index (χ1v) is 6.32. The number of likely N-dealkylation sites (tertiary alicyclic amines) is 1. The summed E-state index contributed by atoms with van der Waals surface area (Å²) in [7, 11) is 0. The number of amides is 1. The van der Waals surface area contributed by atoms with Crippen LogP contribution in [0.2, 0.25) is 0 Å². The second kappa shape index (κ2) is 4.40. The Morgan fingerprint density at radius 1 is 1.41 bits per heavy atom. The van der Waals surface area contributed by atoms with E-state index in [9.17, 15) is 4.79 Å². The summed E-state index contributed by atoms with van der Waals surface area (Å²) < 4.78 is 5.52. The maximum absolute atomic E-state index is 10.8. The number of piperidine rings is 1. The molecule has 1 aromatic carbocycles. The van der Waals surface area contributed by atoms with Gasteiger partial charge in [-0.25, -0.2) is 0 Å². The summed E-state index contributed by atoms with van der Waals surface area (Å²) in [5.74, 6) is 1.54. The smallest absolute Gasteiger partial charge is 0.209 e. The molecule has 2 heterocycles. The molecular formula is C14H17NO2. The predicted molar refractivity (Wildman–Crippen MR) is 65.3 cm³/mol. The molecule has 0 saturated carbocycles. The van der Waals surface area contributed by atoms with Crippen LogP contribution >= 0.6 is 0 Å². The maximum Gasteiger partial charge on any atom is 0.209 e. The number of hydrogen-bond acceptors (Lipinski definition) is 2. The van der Waals surface area contributed by atoms with Crippen LogP contribution in [0, 0.1) is 0 Å². The van der Waals surface area contributed by atoms with Gasteiger partial charge in [0.15, 0.2) is 0 Å². The Hall–Kier alpha value is -1.51. The summed E-state index contributed by atoms with van der Waals surface area (Å²) in [6, 6.07) is 6.50. The number of fused-ring (bicyclic) bond motifs is 1. The number of carbonyl (C=O) groups is 1. The third kappa shape index (κ3) is 2.02. The van der Waals surface area contributed by atoms with Crippen molar-refractivity contribution in [3.05, 3.63) is 29.3 Å². The van der Waals surface area contributed by atoms with Crippen molar-refractivity contribution in [1.82, 2.24) is 4.90 Å². The van der Waals surface area contributed by atoms with E-state index in [0.29, 0.717) is 5.92 Å².